The third-order valence-electron chi connectivity index (χ3n) is 2.47. The molecule has 1 aromatic rings. The highest BCUT2D eigenvalue weighted by atomic mass is 16.2. The lowest BCUT2D eigenvalue weighted by atomic mass is 10.3. The molecular formula is C10H14N4O2. The molecule has 1 aliphatic heterocycles. The number of nitrogens with one attached hydrogen (secondary N) is 3. The lowest BCUT2D eigenvalue weighted by molar-refractivity contribution is 0.0950. The van der Waals surface area contributed by atoms with Gasteiger partial charge in [0.1, 0.15) is 0 Å². The van der Waals surface area contributed by atoms with Gasteiger partial charge in [0.2, 0.25) is 0 Å². The van der Waals surface area contributed by atoms with Crippen molar-refractivity contribution in [3.63, 3.8) is 0 Å². The minimum Gasteiger partial charge on any atom is -0.367 e. The quantitative estimate of drug-likeness (QED) is 0.658. The molecule has 6 heteroatoms. The number of urea groups is 1. The van der Waals surface area contributed by atoms with Gasteiger partial charge in [0.05, 0.1) is 5.56 Å². The van der Waals surface area contributed by atoms with Crippen LogP contribution in [0.1, 0.15) is 10.4 Å². The molecule has 0 spiro atoms. The summed E-state index contributed by atoms with van der Waals surface area (Å²) in [6.45, 7) is 2.41. The maximum atomic E-state index is 11.5. The van der Waals surface area contributed by atoms with Gasteiger partial charge in [-0.15, -0.1) is 0 Å². The molecule has 3 amide bonds. The second-order valence-corrected chi connectivity index (χ2v) is 3.57. The molecule has 3 N–H and O–H groups in total. The van der Waals surface area contributed by atoms with E-state index in [0.717, 1.165) is 0 Å². The van der Waals surface area contributed by atoms with E-state index < -0.39 is 0 Å². The number of hydrogen-bond donors (Lipinski definition) is 3. The van der Waals surface area contributed by atoms with Gasteiger partial charge in [0, 0.05) is 38.6 Å². The average molecular weight is 222 g/mol. The Labute approximate surface area is 93.0 Å². The Balaban J connectivity index is 1.72. The third-order valence-corrected chi connectivity index (χ3v) is 2.47. The first-order valence-electron chi connectivity index (χ1n) is 5.21. The molecule has 0 bridgehead atoms. The number of hydrogen-bond acceptors (Lipinski definition) is 2. The molecule has 0 aromatic carbocycles. The molecule has 1 aromatic heterocycles. The highest BCUT2D eigenvalue weighted by Crippen LogP contribution is 1.97. The van der Waals surface area contributed by atoms with E-state index in [0.29, 0.717) is 31.7 Å². The summed E-state index contributed by atoms with van der Waals surface area (Å²) >= 11 is 0. The Morgan fingerprint density at radius 3 is 3.06 bits per heavy atom. The number of H-pyrrole nitrogens is 1. The van der Waals surface area contributed by atoms with Crippen LogP contribution in [0.3, 0.4) is 0 Å². The van der Waals surface area contributed by atoms with E-state index in [-0.39, 0.29) is 11.9 Å². The summed E-state index contributed by atoms with van der Waals surface area (Å²) in [6.07, 6.45) is 3.33. The number of aromatic nitrogens is 1. The zero-order valence-electron chi connectivity index (χ0n) is 8.82. The van der Waals surface area contributed by atoms with Crippen molar-refractivity contribution < 1.29 is 9.59 Å². The van der Waals surface area contributed by atoms with Crippen LogP contribution in [0.5, 0.6) is 0 Å². The standard InChI is InChI=1S/C10H14N4O2/c15-9(8-1-2-11-7-8)12-3-5-14-6-4-13-10(14)16/h1-2,7,11H,3-6H2,(H,12,15)(H,13,16). The molecule has 16 heavy (non-hydrogen) atoms. The fourth-order valence-corrected chi connectivity index (χ4v) is 1.60. The maximum Gasteiger partial charge on any atom is 0.317 e. The number of amides is 3. The lowest BCUT2D eigenvalue weighted by Gasteiger charge is -2.13. The summed E-state index contributed by atoms with van der Waals surface area (Å²) in [6, 6.07) is 1.65. The van der Waals surface area contributed by atoms with Crippen LogP contribution in [0.2, 0.25) is 0 Å². The Hall–Kier alpha value is -1.98. The number of carbonyl (C=O) groups is 2. The first-order valence-corrected chi connectivity index (χ1v) is 5.21. The van der Waals surface area contributed by atoms with Gasteiger partial charge in [-0.05, 0) is 6.07 Å². The van der Waals surface area contributed by atoms with E-state index in [4.69, 9.17) is 0 Å². The van der Waals surface area contributed by atoms with Gasteiger partial charge in [-0.25, -0.2) is 4.79 Å². The van der Waals surface area contributed by atoms with Crippen molar-refractivity contribution in [1.29, 1.82) is 0 Å². The van der Waals surface area contributed by atoms with E-state index in [9.17, 15) is 9.59 Å². The average Bonchev–Trinajstić information content (AvgIpc) is 2.90. The number of carbonyl (C=O) groups excluding carboxylic acids is 2. The molecule has 1 aliphatic rings. The summed E-state index contributed by atoms with van der Waals surface area (Å²) in [5.41, 5.74) is 0.603. The molecule has 0 radical (unpaired) electrons. The van der Waals surface area contributed by atoms with Crippen molar-refractivity contribution in [1.82, 2.24) is 20.5 Å². The van der Waals surface area contributed by atoms with Gasteiger partial charge in [-0.3, -0.25) is 4.79 Å². The van der Waals surface area contributed by atoms with E-state index in [2.05, 4.69) is 15.6 Å². The van der Waals surface area contributed by atoms with Crippen molar-refractivity contribution in [2.75, 3.05) is 26.2 Å². The van der Waals surface area contributed by atoms with Gasteiger partial charge in [-0.1, -0.05) is 0 Å². The van der Waals surface area contributed by atoms with E-state index in [1.165, 1.54) is 0 Å². The second kappa shape index (κ2) is 4.69. The second-order valence-electron chi connectivity index (χ2n) is 3.57. The van der Waals surface area contributed by atoms with Crippen molar-refractivity contribution in [2.24, 2.45) is 0 Å². The number of aromatic amines is 1. The van der Waals surface area contributed by atoms with Gasteiger partial charge >= 0.3 is 6.03 Å². The summed E-state index contributed by atoms with van der Waals surface area (Å²) < 4.78 is 0. The molecule has 6 nitrogen and oxygen atoms in total. The Morgan fingerprint density at radius 1 is 1.56 bits per heavy atom. The largest absolute Gasteiger partial charge is 0.367 e. The highest BCUT2D eigenvalue weighted by Gasteiger charge is 2.18. The fraction of sp³-hybridized carbons (Fsp3) is 0.400. The minimum absolute atomic E-state index is 0.0594. The SMILES string of the molecule is O=C(NCCN1CCNC1=O)c1cc[nH]c1. The molecule has 0 saturated carbocycles. The molecule has 0 unspecified atom stereocenters. The van der Waals surface area contributed by atoms with Crippen molar-refractivity contribution >= 4 is 11.9 Å². The first kappa shape index (κ1) is 10.5. The Morgan fingerprint density at radius 2 is 2.44 bits per heavy atom. The van der Waals surface area contributed by atoms with Gasteiger partial charge in [0.15, 0.2) is 0 Å². The third kappa shape index (κ3) is 2.33. The van der Waals surface area contributed by atoms with Crippen LogP contribution in [-0.2, 0) is 0 Å². The van der Waals surface area contributed by atoms with E-state index in [1.54, 1.807) is 23.4 Å². The topological polar surface area (TPSA) is 77.2 Å². The summed E-state index contributed by atoms with van der Waals surface area (Å²) in [5, 5.41) is 5.46. The van der Waals surface area contributed by atoms with Gasteiger partial charge in [0.25, 0.3) is 5.91 Å². The van der Waals surface area contributed by atoms with Gasteiger partial charge in [-0.2, -0.15) is 0 Å². The van der Waals surface area contributed by atoms with Gasteiger partial charge < -0.3 is 20.5 Å². The monoisotopic (exact) mass is 222 g/mol. The fourth-order valence-electron chi connectivity index (χ4n) is 1.60. The van der Waals surface area contributed by atoms with Crippen molar-refractivity contribution in [3.8, 4) is 0 Å². The maximum absolute atomic E-state index is 11.5. The van der Waals surface area contributed by atoms with Crippen molar-refractivity contribution in [3.05, 3.63) is 24.0 Å². The van der Waals surface area contributed by atoms with Crippen LogP contribution in [0.4, 0.5) is 4.79 Å². The summed E-state index contributed by atoms with van der Waals surface area (Å²) in [7, 11) is 0. The smallest absolute Gasteiger partial charge is 0.317 e. The Bertz CT molecular complexity index is 374. The number of rotatable bonds is 4. The summed E-state index contributed by atoms with van der Waals surface area (Å²) in [5.74, 6) is -0.124. The Kier molecular flexibility index (Phi) is 3.09. The molecule has 0 aliphatic carbocycles. The van der Waals surface area contributed by atoms with E-state index in [1.807, 2.05) is 0 Å². The minimum atomic E-state index is -0.124. The summed E-state index contributed by atoms with van der Waals surface area (Å²) in [4.78, 5) is 27.2. The zero-order chi connectivity index (χ0) is 11.4. The number of nitrogens with zero attached hydrogens (tertiary/aromatic N) is 1. The molecule has 1 fully saturated rings. The highest BCUT2D eigenvalue weighted by molar-refractivity contribution is 5.93. The van der Waals surface area contributed by atoms with Crippen molar-refractivity contribution in [2.45, 2.75) is 0 Å². The molecule has 1 saturated heterocycles. The van der Waals surface area contributed by atoms with Crippen LogP contribution in [-0.4, -0.2) is 48.0 Å². The van der Waals surface area contributed by atoms with Crippen LogP contribution < -0.4 is 10.6 Å². The van der Waals surface area contributed by atoms with Crippen LogP contribution in [0.15, 0.2) is 18.5 Å². The molecular weight excluding hydrogens is 208 g/mol. The first-order chi connectivity index (χ1) is 7.77. The molecule has 86 valence electrons. The predicted octanol–water partition coefficient (Wildman–Crippen LogP) is -0.230. The van der Waals surface area contributed by atoms with E-state index >= 15 is 0 Å². The molecule has 0 atom stereocenters. The van der Waals surface area contributed by atoms with Crippen LogP contribution >= 0.6 is 0 Å². The predicted molar refractivity (Wildman–Crippen MR) is 58.1 cm³/mol. The zero-order valence-corrected chi connectivity index (χ0v) is 8.82. The molecule has 2 heterocycles. The normalized spacial score (nSPS) is 15.0. The van der Waals surface area contributed by atoms with Crippen LogP contribution in [0.25, 0.3) is 0 Å². The lowest BCUT2D eigenvalue weighted by Crippen LogP contribution is -2.36. The van der Waals surface area contributed by atoms with Crippen LogP contribution in [0, 0.1) is 0 Å². The molecule has 2 rings (SSSR count).